The van der Waals surface area contributed by atoms with E-state index in [1.807, 2.05) is 37.3 Å². The third kappa shape index (κ3) is 2.69. The number of nitrogens with one attached hydrogen (secondary N) is 1. The third-order valence-electron chi connectivity index (χ3n) is 2.29. The summed E-state index contributed by atoms with van der Waals surface area (Å²) in [6, 6.07) is 9.85. The maximum atomic E-state index is 12.1. The predicted octanol–water partition coefficient (Wildman–Crippen LogP) is 2.70. The molecule has 78 valence electrons. The van der Waals surface area contributed by atoms with Gasteiger partial charge in [0.25, 0.3) is 0 Å². The smallest absolute Gasteiger partial charge is 0.102 e. The maximum Gasteiger partial charge on any atom is 0.102 e. The van der Waals surface area contributed by atoms with E-state index in [0.29, 0.717) is 12.4 Å². The van der Waals surface area contributed by atoms with Gasteiger partial charge < -0.3 is 5.32 Å². The van der Waals surface area contributed by atoms with Crippen LogP contribution in [0.25, 0.3) is 0 Å². The standard InChI is InChI=1S/C11H15ClFN/c1-11(9-12,14-8-7-13)10-5-3-2-4-6-10/h2-6,14H,7-9H2,1H3. The predicted molar refractivity (Wildman–Crippen MR) is 58.5 cm³/mol. The zero-order valence-electron chi connectivity index (χ0n) is 8.26. The molecule has 3 heteroatoms. The lowest BCUT2D eigenvalue weighted by Crippen LogP contribution is -2.42. The fraction of sp³-hybridized carbons (Fsp3) is 0.455. The molecule has 0 saturated heterocycles. The van der Waals surface area contributed by atoms with Gasteiger partial charge in [0.1, 0.15) is 6.67 Å². The molecule has 0 heterocycles. The van der Waals surface area contributed by atoms with E-state index in [0.717, 1.165) is 5.56 Å². The quantitative estimate of drug-likeness (QED) is 0.745. The minimum atomic E-state index is -0.376. The zero-order valence-corrected chi connectivity index (χ0v) is 9.02. The molecule has 1 nitrogen and oxygen atoms in total. The number of hydrogen-bond acceptors (Lipinski definition) is 1. The van der Waals surface area contributed by atoms with Gasteiger partial charge in [-0.1, -0.05) is 30.3 Å². The van der Waals surface area contributed by atoms with Crippen LogP contribution in [-0.2, 0) is 5.54 Å². The summed E-state index contributed by atoms with van der Waals surface area (Å²) >= 11 is 5.89. The number of benzene rings is 1. The van der Waals surface area contributed by atoms with E-state index in [4.69, 9.17) is 11.6 Å². The highest BCUT2D eigenvalue weighted by molar-refractivity contribution is 6.18. The van der Waals surface area contributed by atoms with Gasteiger partial charge >= 0.3 is 0 Å². The largest absolute Gasteiger partial charge is 0.304 e. The molecule has 1 atom stereocenters. The van der Waals surface area contributed by atoms with Crippen LogP contribution in [0, 0.1) is 0 Å². The van der Waals surface area contributed by atoms with Crippen molar-refractivity contribution in [1.82, 2.24) is 5.32 Å². The van der Waals surface area contributed by atoms with Gasteiger partial charge in [-0.2, -0.15) is 0 Å². The third-order valence-corrected chi connectivity index (χ3v) is 2.82. The van der Waals surface area contributed by atoms with Gasteiger partial charge in [-0.25, -0.2) is 4.39 Å². The summed E-state index contributed by atoms with van der Waals surface area (Å²) in [6.45, 7) is 1.93. The molecule has 0 radical (unpaired) electrons. The van der Waals surface area contributed by atoms with Gasteiger partial charge in [-0.3, -0.25) is 0 Å². The number of hydrogen-bond donors (Lipinski definition) is 1. The van der Waals surface area contributed by atoms with Gasteiger partial charge in [-0.05, 0) is 12.5 Å². The van der Waals surface area contributed by atoms with Gasteiger partial charge in [0.05, 0.1) is 5.54 Å². The first-order valence-corrected chi connectivity index (χ1v) is 5.19. The highest BCUT2D eigenvalue weighted by Gasteiger charge is 2.23. The van der Waals surface area contributed by atoms with Crippen molar-refractivity contribution in [3.05, 3.63) is 35.9 Å². The summed E-state index contributed by atoms with van der Waals surface area (Å²) in [7, 11) is 0. The Morgan fingerprint density at radius 3 is 2.50 bits per heavy atom. The SMILES string of the molecule is CC(CCl)(NCCF)c1ccccc1. The van der Waals surface area contributed by atoms with Crippen LogP contribution in [0.4, 0.5) is 4.39 Å². The maximum absolute atomic E-state index is 12.1. The second-order valence-corrected chi connectivity index (χ2v) is 3.71. The lowest BCUT2D eigenvalue weighted by molar-refractivity contribution is 0.369. The van der Waals surface area contributed by atoms with Crippen LogP contribution in [0.2, 0.25) is 0 Å². The molecule has 0 aliphatic heterocycles. The van der Waals surface area contributed by atoms with Crippen LogP contribution in [0.5, 0.6) is 0 Å². The fourth-order valence-corrected chi connectivity index (χ4v) is 1.60. The molecule has 1 N–H and O–H groups in total. The molecule has 1 aromatic rings. The molecule has 0 saturated carbocycles. The van der Waals surface area contributed by atoms with Crippen LogP contribution >= 0.6 is 11.6 Å². The average molecular weight is 216 g/mol. The van der Waals surface area contributed by atoms with Crippen molar-refractivity contribution in [2.45, 2.75) is 12.5 Å². The molecular weight excluding hydrogens is 201 g/mol. The molecule has 0 fully saturated rings. The van der Waals surface area contributed by atoms with Crippen LogP contribution in [0.3, 0.4) is 0 Å². The van der Waals surface area contributed by atoms with E-state index in [1.54, 1.807) is 0 Å². The Bertz CT molecular complexity index is 265. The molecule has 1 unspecified atom stereocenters. The molecule has 1 aromatic carbocycles. The number of rotatable bonds is 5. The van der Waals surface area contributed by atoms with Crippen molar-refractivity contribution in [2.24, 2.45) is 0 Å². The van der Waals surface area contributed by atoms with E-state index in [-0.39, 0.29) is 12.2 Å². The Balaban J connectivity index is 2.79. The van der Waals surface area contributed by atoms with Crippen LogP contribution in [-0.4, -0.2) is 19.1 Å². The molecule has 0 amide bonds. The number of halogens is 2. The Morgan fingerprint density at radius 1 is 1.36 bits per heavy atom. The van der Waals surface area contributed by atoms with Crippen molar-refractivity contribution >= 4 is 11.6 Å². The van der Waals surface area contributed by atoms with Gasteiger partial charge in [0, 0.05) is 12.4 Å². The topological polar surface area (TPSA) is 12.0 Å². The molecule has 14 heavy (non-hydrogen) atoms. The van der Waals surface area contributed by atoms with Crippen LogP contribution in [0.1, 0.15) is 12.5 Å². The van der Waals surface area contributed by atoms with Crippen molar-refractivity contribution in [3.63, 3.8) is 0 Å². The summed E-state index contributed by atoms with van der Waals surface area (Å²) in [6.07, 6.45) is 0. The molecular formula is C11H15ClFN. The van der Waals surface area contributed by atoms with Gasteiger partial charge in [0.15, 0.2) is 0 Å². The summed E-state index contributed by atoms with van der Waals surface area (Å²) in [5.41, 5.74) is 0.748. The molecule has 0 aromatic heterocycles. The molecule has 0 aliphatic carbocycles. The summed E-state index contributed by atoms with van der Waals surface area (Å²) in [4.78, 5) is 0. The molecule has 0 bridgehead atoms. The van der Waals surface area contributed by atoms with E-state index in [9.17, 15) is 4.39 Å². The summed E-state index contributed by atoms with van der Waals surface area (Å²) in [5.74, 6) is 0.428. The minimum absolute atomic E-state index is 0.331. The summed E-state index contributed by atoms with van der Waals surface area (Å²) in [5, 5.41) is 3.10. The van der Waals surface area contributed by atoms with E-state index < -0.39 is 0 Å². The Hall–Kier alpha value is -0.600. The Morgan fingerprint density at radius 2 is 2.00 bits per heavy atom. The van der Waals surface area contributed by atoms with Crippen molar-refractivity contribution in [1.29, 1.82) is 0 Å². The Kier molecular flexibility index (Phi) is 4.36. The minimum Gasteiger partial charge on any atom is -0.304 e. The first kappa shape index (κ1) is 11.5. The van der Waals surface area contributed by atoms with Gasteiger partial charge in [0.2, 0.25) is 0 Å². The highest BCUT2D eigenvalue weighted by atomic mass is 35.5. The van der Waals surface area contributed by atoms with Gasteiger partial charge in [-0.15, -0.1) is 11.6 Å². The molecule has 0 aliphatic rings. The van der Waals surface area contributed by atoms with Crippen molar-refractivity contribution < 1.29 is 4.39 Å². The van der Waals surface area contributed by atoms with Crippen molar-refractivity contribution in [2.75, 3.05) is 19.1 Å². The zero-order chi connectivity index (χ0) is 10.4. The number of alkyl halides is 2. The van der Waals surface area contributed by atoms with Crippen LogP contribution < -0.4 is 5.32 Å². The normalized spacial score (nSPS) is 15.1. The first-order valence-electron chi connectivity index (χ1n) is 4.65. The molecule has 0 spiro atoms. The first-order chi connectivity index (χ1) is 6.73. The van der Waals surface area contributed by atoms with E-state index in [2.05, 4.69) is 5.32 Å². The van der Waals surface area contributed by atoms with E-state index in [1.165, 1.54) is 0 Å². The molecule has 1 rings (SSSR count). The average Bonchev–Trinajstić information content (AvgIpc) is 2.27. The summed E-state index contributed by atoms with van der Waals surface area (Å²) < 4.78 is 12.1. The monoisotopic (exact) mass is 215 g/mol. The van der Waals surface area contributed by atoms with Crippen LogP contribution in [0.15, 0.2) is 30.3 Å². The lowest BCUT2D eigenvalue weighted by atomic mass is 9.94. The highest BCUT2D eigenvalue weighted by Crippen LogP contribution is 2.21. The lowest BCUT2D eigenvalue weighted by Gasteiger charge is -2.28. The second-order valence-electron chi connectivity index (χ2n) is 3.45. The Labute approximate surface area is 89.3 Å². The fourth-order valence-electron chi connectivity index (χ4n) is 1.36. The second kappa shape index (κ2) is 5.32. The van der Waals surface area contributed by atoms with E-state index >= 15 is 0 Å². The van der Waals surface area contributed by atoms with Crippen molar-refractivity contribution in [3.8, 4) is 0 Å².